The first-order valence-electron chi connectivity index (χ1n) is 8.58. The van der Waals surface area contributed by atoms with Crippen molar-refractivity contribution < 1.29 is 28.5 Å². The first-order valence-corrected chi connectivity index (χ1v) is 10.0. The number of aliphatic hydroxyl groups excluding tert-OH is 1. The van der Waals surface area contributed by atoms with Crippen LogP contribution in [0, 0.1) is 5.92 Å². The molecule has 1 aliphatic rings. The van der Waals surface area contributed by atoms with Gasteiger partial charge in [-0.15, -0.1) is 0 Å². The fourth-order valence-corrected chi connectivity index (χ4v) is 4.71. The van der Waals surface area contributed by atoms with Gasteiger partial charge in [-0.25, -0.2) is 13.2 Å². The van der Waals surface area contributed by atoms with Gasteiger partial charge in [-0.1, -0.05) is 13.8 Å². The van der Waals surface area contributed by atoms with E-state index in [0.29, 0.717) is 25.4 Å². The average Bonchev–Trinajstić information content (AvgIpc) is 2.56. The molecule has 1 aliphatic heterocycles. The van der Waals surface area contributed by atoms with Crippen LogP contribution in [0.5, 0.6) is 5.75 Å². The number of nitrogens with zero attached hydrogens (tertiary/aromatic N) is 2. The largest absolute Gasteiger partial charge is 0.507 e. The number of piperazine rings is 1. The lowest BCUT2D eigenvalue weighted by atomic mass is 10.1. The van der Waals surface area contributed by atoms with Gasteiger partial charge < -0.3 is 15.3 Å². The Labute approximate surface area is 153 Å². The molecule has 26 heavy (non-hydrogen) atoms. The quantitative estimate of drug-likeness (QED) is 0.634. The molecule has 0 radical (unpaired) electrons. The van der Waals surface area contributed by atoms with Crippen LogP contribution in [0.3, 0.4) is 0 Å². The minimum Gasteiger partial charge on any atom is -0.507 e. The Morgan fingerprint density at radius 1 is 1.31 bits per heavy atom. The van der Waals surface area contributed by atoms with Gasteiger partial charge in [-0.05, 0) is 30.5 Å². The third-order valence-electron chi connectivity index (χ3n) is 4.47. The molecule has 1 aromatic carbocycles. The van der Waals surface area contributed by atoms with Crippen LogP contribution in [0.15, 0.2) is 23.1 Å². The van der Waals surface area contributed by atoms with Gasteiger partial charge in [-0.2, -0.15) is 4.31 Å². The van der Waals surface area contributed by atoms with Crippen molar-refractivity contribution in [3.8, 4) is 5.75 Å². The summed E-state index contributed by atoms with van der Waals surface area (Å²) in [5, 5.41) is 28.0. The summed E-state index contributed by atoms with van der Waals surface area (Å²) in [7, 11) is -3.89. The van der Waals surface area contributed by atoms with E-state index in [1.165, 1.54) is 10.4 Å². The Morgan fingerprint density at radius 3 is 2.58 bits per heavy atom. The monoisotopic (exact) mass is 386 g/mol. The normalized spacial score (nSPS) is 19.8. The number of carboxylic acids is 1. The highest BCUT2D eigenvalue weighted by atomic mass is 32.2. The molecule has 1 saturated heterocycles. The summed E-state index contributed by atoms with van der Waals surface area (Å²) in [6.45, 7) is 6.04. The van der Waals surface area contributed by atoms with E-state index >= 15 is 0 Å². The first-order chi connectivity index (χ1) is 12.2. The van der Waals surface area contributed by atoms with E-state index in [1.807, 2.05) is 0 Å². The van der Waals surface area contributed by atoms with E-state index in [2.05, 4.69) is 18.7 Å². The summed E-state index contributed by atoms with van der Waals surface area (Å²) < 4.78 is 27.2. The molecule has 0 spiro atoms. The fourth-order valence-electron chi connectivity index (χ4n) is 3.21. The van der Waals surface area contributed by atoms with Crippen molar-refractivity contribution in [1.82, 2.24) is 9.21 Å². The number of carbonyl (C=O) groups is 1. The molecule has 0 saturated carbocycles. The van der Waals surface area contributed by atoms with Crippen LogP contribution in [0.1, 0.15) is 30.6 Å². The molecule has 1 unspecified atom stereocenters. The Kier molecular flexibility index (Phi) is 6.62. The van der Waals surface area contributed by atoms with Crippen LogP contribution in [-0.4, -0.2) is 77.7 Å². The number of rotatable bonds is 7. The van der Waals surface area contributed by atoms with Crippen LogP contribution in [0.25, 0.3) is 0 Å². The second-order valence-electron chi connectivity index (χ2n) is 6.90. The van der Waals surface area contributed by atoms with Crippen LogP contribution in [0.4, 0.5) is 0 Å². The maximum atomic E-state index is 12.9. The SMILES string of the molecule is CC(C)CN1CCN(S(=O)(=O)c2ccc(O)c(C(=O)O)c2)CC1CCO. The summed E-state index contributed by atoms with van der Waals surface area (Å²) in [5.41, 5.74) is -0.448. The zero-order valence-corrected chi connectivity index (χ0v) is 15.8. The fraction of sp³-hybridized carbons (Fsp3) is 0.588. The van der Waals surface area contributed by atoms with Crippen molar-refractivity contribution in [2.75, 3.05) is 32.8 Å². The minimum atomic E-state index is -3.89. The lowest BCUT2D eigenvalue weighted by molar-refractivity contribution is 0.0693. The molecule has 0 aromatic heterocycles. The van der Waals surface area contributed by atoms with Crippen molar-refractivity contribution in [2.24, 2.45) is 5.92 Å². The lowest BCUT2D eigenvalue weighted by Gasteiger charge is -2.41. The van der Waals surface area contributed by atoms with Crippen LogP contribution < -0.4 is 0 Å². The zero-order valence-electron chi connectivity index (χ0n) is 15.0. The van der Waals surface area contributed by atoms with Crippen LogP contribution >= 0.6 is 0 Å². The van der Waals surface area contributed by atoms with Crippen LogP contribution in [-0.2, 0) is 10.0 Å². The molecule has 0 amide bonds. The molecule has 1 aromatic rings. The maximum Gasteiger partial charge on any atom is 0.339 e. The molecule has 8 nitrogen and oxygen atoms in total. The number of sulfonamides is 1. The number of benzene rings is 1. The third kappa shape index (κ3) is 4.53. The summed E-state index contributed by atoms with van der Waals surface area (Å²) in [6.07, 6.45) is 0.467. The maximum absolute atomic E-state index is 12.9. The predicted molar refractivity (Wildman–Crippen MR) is 95.7 cm³/mol. The molecule has 0 aliphatic carbocycles. The molecule has 146 valence electrons. The smallest absolute Gasteiger partial charge is 0.339 e. The molecule has 1 fully saturated rings. The number of aromatic carboxylic acids is 1. The van der Waals surface area contributed by atoms with Crippen molar-refractivity contribution >= 4 is 16.0 Å². The summed E-state index contributed by atoms with van der Waals surface area (Å²) in [6, 6.07) is 3.17. The van der Waals surface area contributed by atoms with E-state index in [9.17, 15) is 23.4 Å². The number of aliphatic hydroxyl groups is 1. The van der Waals surface area contributed by atoms with Gasteiger partial charge in [0.25, 0.3) is 0 Å². The molecule has 2 rings (SSSR count). The lowest BCUT2D eigenvalue weighted by Crippen LogP contribution is -2.55. The van der Waals surface area contributed by atoms with Gasteiger partial charge in [0, 0.05) is 38.8 Å². The number of carboxylic acid groups (broad SMARTS) is 1. The van der Waals surface area contributed by atoms with Crippen molar-refractivity contribution in [3.63, 3.8) is 0 Å². The third-order valence-corrected chi connectivity index (χ3v) is 6.33. The van der Waals surface area contributed by atoms with Gasteiger partial charge in [-0.3, -0.25) is 4.90 Å². The number of aromatic hydroxyl groups is 1. The second-order valence-corrected chi connectivity index (χ2v) is 8.84. The molecule has 1 heterocycles. The van der Waals surface area contributed by atoms with E-state index in [4.69, 9.17) is 5.11 Å². The summed E-state index contributed by atoms with van der Waals surface area (Å²) in [4.78, 5) is 13.2. The minimum absolute atomic E-state index is 0.0322. The summed E-state index contributed by atoms with van der Waals surface area (Å²) >= 11 is 0. The average molecular weight is 386 g/mol. The molecule has 1 atom stereocenters. The van der Waals surface area contributed by atoms with Gasteiger partial charge >= 0.3 is 5.97 Å². The van der Waals surface area contributed by atoms with Crippen molar-refractivity contribution in [2.45, 2.75) is 31.2 Å². The molecular weight excluding hydrogens is 360 g/mol. The topological polar surface area (TPSA) is 118 Å². The Morgan fingerprint density at radius 2 is 2.00 bits per heavy atom. The standard InChI is InChI=1S/C17H26N2O6S/c1-12(2)10-18-6-7-19(11-13(18)5-8-20)26(24,25)14-3-4-16(21)15(9-14)17(22)23/h3-4,9,12-13,20-21H,5-8,10-11H2,1-2H3,(H,22,23). The van der Waals surface area contributed by atoms with Gasteiger partial charge in [0.2, 0.25) is 10.0 Å². The van der Waals surface area contributed by atoms with Gasteiger partial charge in [0.1, 0.15) is 11.3 Å². The van der Waals surface area contributed by atoms with E-state index in [-0.39, 0.29) is 24.1 Å². The van der Waals surface area contributed by atoms with Gasteiger partial charge in [0.15, 0.2) is 0 Å². The second kappa shape index (κ2) is 8.34. The van der Waals surface area contributed by atoms with Crippen molar-refractivity contribution in [3.05, 3.63) is 23.8 Å². The highest BCUT2D eigenvalue weighted by Gasteiger charge is 2.34. The van der Waals surface area contributed by atoms with Crippen molar-refractivity contribution in [1.29, 1.82) is 0 Å². The Balaban J connectivity index is 2.27. The number of phenols is 1. The predicted octanol–water partition coefficient (Wildman–Crippen LogP) is 0.804. The number of hydrogen-bond donors (Lipinski definition) is 3. The first kappa shape index (κ1) is 20.6. The molecule has 9 heteroatoms. The van der Waals surface area contributed by atoms with Gasteiger partial charge in [0.05, 0.1) is 4.90 Å². The number of hydrogen-bond acceptors (Lipinski definition) is 6. The Bertz CT molecular complexity index is 750. The van der Waals surface area contributed by atoms with E-state index < -0.39 is 27.3 Å². The highest BCUT2D eigenvalue weighted by Crippen LogP contribution is 2.26. The molecular formula is C17H26N2O6S. The van der Waals surface area contributed by atoms with Crippen LogP contribution in [0.2, 0.25) is 0 Å². The summed E-state index contributed by atoms with van der Waals surface area (Å²) in [5.74, 6) is -1.44. The zero-order chi connectivity index (χ0) is 19.5. The van der Waals surface area contributed by atoms with E-state index in [1.54, 1.807) is 0 Å². The van der Waals surface area contributed by atoms with E-state index in [0.717, 1.165) is 18.7 Å². The highest BCUT2D eigenvalue weighted by molar-refractivity contribution is 7.89. The Hall–Kier alpha value is -1.68. The molecule has 0 bridgehead atoms. The molecule has 3 N–H and O–H groups in total.